The van der Waals surface area contributed by atoms with Gasteiger partial charge in [0.15, 0.2) is 0 Å². The lowest BCUT2D eigenvalue weighted by Gasteiger charge is -2.23. The second-order valence-electron chi connectivity index (χ2n) is 5.44. The lowest BCUT2D eigenvalue weighted by atomic mass is 9.82. The predicted molar refractivity (Wildman–Crippen MR) is 93.1 cm³/mol. The Balaban J connectivity index is 2.35. The largest absolute Gasteiger partial charge is 0.469 e. The van der Waals surface area contributed by atoms with Crippen molar-refractivity contribution in [1.82, 2.24) is 0 Å². The zero-order valence-corrected chi connectivity index (χ0v) is 14.8. The average molecular weight is 361 g/mol. The van der Waals surface area contributed by atoms with Crippen LogP contribution in [0.4, 0.5) is 0 Å². The quantitative estimate of drug-likeness (QED) is 0.695. The molecule has 0 aromatic heterocycles. The number of halogens is 1. The summed E-state index contributed by atoms with van der Waals surface area (Å²) in [6.07, 6.45) is 1.02. The normalized spacial score (nSPS) is 13.5. The van der Waals surface area contributed by atoms with Crippen LogP contribution in [0.2, 0.25) is 0 Å². The molecule has 0 saturated carbocycles. The van der Waals surface area contributed by atoms with E-state index in [-0.39, 0.29) is 17.8 Å². The molecule has 2 aromatic carbocycles. The maximum Gasteiger partial charge on any atom is 0.313 e. The molecule has 3 heteroatoms. The molecule has 0 aliphatic carbocycles. The molecule has 0 fully saturated rings. The third kappa shape index (κ3) is 3.77. The number of aryl methyl sites for hydroxylation is 1. The number of hydrogen-bond donors (Lipinski definition) is 0. The maximum absolute atomic E-state index is 12.3. The van der Waals surface area contributed by atoms with Gasteiger partial charge in [-0.25, -0.2) is 0 Å². The molecule has 2 rings (SSSR count). The highest BCUT2D eigenvalue weighted by Crippen LogP contribution is 2.34. The van der Waals surface area contributed by atoms with Crippen LogP contribution in [0, 0.1) is 0 Å². The first-order valence-electron chi connectivity index (χ1n) is 7.49. The van der Waals surface area contributed by atoms with Crippen molar-refractivity contribution < 1.29 is 9.53 Å². The first-order chi connectivity index (χ1) is 10.6. The van der Waals surface area contributed by atoms with Crippen LogP contribution in [0.5, 0.6) is 0 Å². The van der Waals surface area contributed by atoms with Gasteiger partial charge in [0.05, 0.1) is 13.0 Å². The molecular weight excluding hydrogens is 340 g/mol. The zero-order chi connectivity index (χ0) is 16.1. The van der Waals surface area contributed by atoms with Gasteiger partial charge >= 0.3 is 5.97 Å². The highest BCUT2D eigenvalue weighted by atomic mass is 79.9. The van der Waals surface area contributed by atoms with E-state index in [1.807, 2.05) is 24.3 Å². The van der Waals surface area contributed by atoms with Crippen molar-refractivity contribution in [3.8, 4) is 0 Å². The molecule has 0 bridgehead atoms. The van der Waals surface area contributed by atoms with Crippen LogP contribution >= 0.6 is 15.9 Å². The van der Waals surface area contributed by atoms with Gasteiger partial charge in [-0.3, -0.25) is 4.79 Å². The van der Waals surface area contributed by atoms with E-state index < -0.39 is 0 Å². The molecule has 0 radical (unpaired) electrons. The molecule has 2 nitrogen and oxygen atoms in total. The van der Waals surface area contributed by atoms with Crippen LogP contribution in [0.1, 0.15) is 42.4 Å². The minimum atomic E-state index is -0.300. The van der Waals surface area contributed by atoms with Gasteiger partial charge in [-0.05, 0) is 41.2 Å². The van der Waals surface area contributed by atoms with Crippen molar-refractivity contribution in [3.05, 3.63) is 69.7 Å². The summed E-state index contributed by atoms with van der Waals surface area (Å²) < 4.78 is 6.03. The van der Waals surface area contributed by atoms with Crippen LogP contribution in [0.3, 0.4) is 0 Å². The summed E-state index contributed by atoms with van der Waals surface area (Å²) in [4.78, 5) is 12.3. The van der Waals surface area contributed by atoms with Crippen molar-refractivity contribution in [2.75, 3.05) is 7.11 Å². The Morgan fingerprint density at radius 3 is 2.09 bits per heavy atom. The lowest BCUT2D eigenvalue weighted by molar-refractivity contribution is -0.142. The third-order valence-electron chi connectivity index (χ3n) is 4.10. The molecule has 0 unspecified atom stereocenters. The van der Waals surface area contributed by atoms with E-state index in [0.29, 0.717) is 0 Å². The first-order valence-corrected chi connectivity index (χ1v) is 8.28. The predicted octanol–water partition coefficient (Wildman–Crippen LogP) is 5.07. The van der Waals surface area contributed by atoms with Gasteiger partial charge in [-0.2, -0.15) is 0 Å². The Morgan fingerprint density at radius 2 is 1.59 bits per heavy atom. The number of rotatable bonds is 5. The van der Waals surface area contributed by atoms with Crippen LogP contribution in [-0.4, -0.2) is 13.1 Å². The molecule has 0 N–H and O–H groups in total. The summed E-state index contributed by atoms with van der Waals surface area (Å²) in [6, 6.07) is 16.3. The molecule has 0 aliphatic rings. The van der Waals surface area contributed by atoms with Gasteiger partial charge < -0.3 is 4.74 Å². The highest BCUT2D eigenvalue weighted by molar-refractivity contribution is 9.10. The zero-order valence-electron chi connectivity index (χ0n) is 13.2. The van der Waals surface area contributed by atoms with E-state index in [1.165, 1.54) is 12.7 Å². The standard InChI is InChI=1S/C19H21BrO2/c1-4-14-5-7-15(8-6-14)13(2)18(19(21)22-3)16-9-11-17(20)12-10-16/h5-13,18H,4H2,1-3H3/t13-,18-/m1/s1. The van der Waals surface area contributed by atoms with Crippen molar-refractivity contribution >= 4 is 21.9 Å². The Kier molecular flexibility index (Phi) is 5.78. The van der Waals surface area contributed by atoms with E-state index in [0.717, 1.165) is 22.0 Å². The van der Waals surface area contributed by atoms with Crippen LogP contribution in [0.25, 0.3) is 0 Å². The summed E-state index contributed by atoms with van der Waals surface area (Å²) in [6.45, 7) is 4.21. The van der Waals surface area contributed by atoms with Crippen molar-refractivity contribution in [2.45, 2.75) is 32.1 Å². The van der Waals surface area contributed by atoms with Crippen molar-refractivity contribution in [1.29, 1.82) is 0 Å². The van der Waals surface area contributed by atoms with Gasteiger partial charge in [0.1, 0.15) is 0 Å². The van der Waals surface area contributed by atoms with Crippen LogP contribution in [-0.2, 0) is 16.0 Å². The fourth-order valence-corrected chi connectivity index (χ4v) is 2.94. The molecule has 0 amide bonds. The van der Waals surface area contributed by atoms with Crippen molar-refractivity contribution in [2.24, 2.45) is 0 Å². The number of carbonyl (C=O) groups is 1. The number of ether oxygens (including phenoxy) is 1. The summed E-state index contributed by atoms with van der Waals surface area (Å²) >= 11 is 3.43. The summed E-state index contributed by atoms with van der Waals surface area (Å²) in [5, 5.41) is 0. The molecule has 116 valence electrons. The van der Waals surface area contributed by atoms with Gasteiger partial charge in [0.2, 0.25) is 0 Å². The van der Waals surface area contributed by atoms with E-state index in [4.69, 9.17) is 4.74 Å². The number of benzene rings is 2. The van der Waals surface area contributed by atoms with E-state index in [1.54, 1.807) is 0 Å². The van der Waals surface area contributed by atoms with Crippen molar-refractivity contribution in [3.63, 3.8) is 0 Å². The smallest absolute Gasteiger partial charge is 0.313 e. The second kappa shape index (κ2) is 7.59. The minimum Gasteiger partial charge on any atom is -0.469 e. The lowest BCUT2D eigenvalue weighted by Crippen LogP contribution is -2.20. The molecule has 0 spiro atoms. The van der Waals surface area contributed by atoms with E-state index in [9.17, 15) is 4.79 Å². The number of methoxy groups -OCH3 is 1. The van der Waals surface area contributed by atoms with E-state index in [2.05, 4.69) is 54.0 Å². The Hall–Kier alpha value is -1.61. The Bertz CT molecular complexity index is 617. The molecular formula is C19H21BrO2. The molecule has 0 heterocycles. The van der Waals surface area contributed by atoms with Crippen LogP contribution < -0.4 is 0 Å². The number of esters is 1. The topological polar surface area (TPSA) is 26.3 Å². The van der Waals surface area contributed by atoms with Gasteiger partial charge in [-0.1, -0.05) is 66.2 Å². The van der Waals surface area contributed by atoms with Gasteiger partial charge in [-0.15, -0.1) is 0 Å². The second-order valence-corrected chi connectivity index (χ2v) is 6.35. The fourth-order valence-electron chi connectivity index (χ4n) is 2.68. The van der Waals surface area contributed by atoms with Crippen LogP contribution in [0.15, 0.2) is 53.0 Å². The maximum atomic E-state index is 12.3. The summed E-state index contributed by atoms with van der Waals surface area (Å²) in [7, 11) is 1.45. The monoisotopic (exact) mass is 360 g/mol. The minimum absolute atomic E-state index is 0.0551. The SMILES string of the molecule is CCc1ccc([C@@H](C)[C@@H](C(=O)OC)c2ccc(Br)cc2)cc1. The first kappa shape index (κ1) is 16.8. The molecule has 2 aromatic rings. The number of hydrogen-bond acceptors (Lipinski definition) is 2. The van der Waals surface area contributed by atoms with E-state index >= 15 is 0 Å². The third-order valence-corrected chi connectivity index (χ3v) is 4.63. The molecule has 22 heavy (non-hydrogen) atoms. The van der Waals surface area contributed by atoms with Gasteiger partial charge in [0.25, 0.3) is 0 Å². The Morgan fingerprint density at radius 1 is 1.05 bits per heavy atom. The Labute approximate surface area is 140 Å². The molecule has 2 atom stereocenters. The fraction of sp³-hybridized carbons (Fsp3) is 0.316. The molecule has 0 saturated heterocycles. The average Bonchev–Trinajstić information content (AvgIpc) is 2.56. The highest BCUT2D eigenvalue weighted by Gasteiger charge is 2.28. The summed E-state index contributed by atoms with van der Waals surface area (Å²) in [5.41, 5.74) is 3.42. The van der Waals surface area contributed by atoms with Gasteiger partial charge in [0, 0.05) is 4.47 Å². The molecule has 0 aliphatic heterocycles. The summed E-state index contributed by atoms with van der Waals surface area (Å²) in [5.74, 6) is -0.445. The number of carbonyl (C=O) groups excluding carboxylic acids is 1.